The smallest absolute Gasteiger partial charge is 0.237 e. The van der Waals surface area contributed by atoms with E-state index < -0.39 is 27.0 Å². The van der Waals surface area contributed by atoms with Crippen molar-refractivity contribution in [2.24, 2.45) is 11.3 Å². The van der Waals surface area contributed by atoms with Gasteiger partial charge in [0.2, 0.25) is 15.9 Å². The fraction of sp³-hybridized carbons (Fsp3) is 0.409. The van der Waals surface area contributed by atoms with E-state index in [1.165, 1.54) is 18.2 Å². The van der Waals surface area contributed by atoms with Crippen LogP contribution in [0.2, 0.25) is 0 Å². The molecule has 1 aliphatic heterocycles. The number of nitrogens with zero attached hydrogens (tertiary/aromatic N) is 1. The summed E-state index contributed by atoms with van der Waals surface area (Å²) in [6.07, 6.45) is 0. The Morgan fingerprint density at radius 2 is 1.90 bits per heavy atom. The molecule has 30 heavy (non-hydrogen) atoms. The van der Waals surface area contributed by atoms with Gasteiger partial charge in [0.05, 0.1) is 22.5 Å². The number of ether oxygens (including phenoxy) is 1. The first-order valence-electron chi connectivity index (χ1n) is 9.81. The largest absolute Gasteiger partial charge is 0.490 e. The van der Waals surface area contributed by atoms with Crippen LogP contribution in [0.3, 0.4) is 0 Å². The minimum absolute atomic E-state index is 0.0821. The number of hydrogen-bond donors (Lipinski definition) is 1. The SMILES string of the molecule is CC(C)CN1C(=O)C(C)(C)COc2ccc(NS(=O)(=O)Cc3ccccc3F)cc21. The maximum Gasteiger partial charge on any atom is 0.237 e. The molecule has 0 aliphatic carbocycles. The Balaban J connectivity index is 1.92. The predicted octanol–water partition coefficient (Wildman–Crippen LogP) is 4.18. The molecular formula is C22H27FN2O4S. The first kappa shape index (κ1) is 22.1. The fourth-order valence-electron chi connectivity index (χ4n) is 3.29. The van der Waals surface area contributed by atoms with Gasteiger partial charge >= 0.3 is 0 Å². The van der Waals surface area contributed by atoms with E-state index in [0.717, 1.165) is 0 Å². The topological polar surface area (TPSA) is 75.7 Å². The second kappa shape index (κ2) is 8.26. The Bertz CT molecular complexity index is 1050. The van der Waals surface area contributed by atoms with Crippen molar-refractivity contribution in [3.8, 4) is 5.75 Å². The van der Waals surface area contributed by atoms with Crippen molar-refractivity contribution in [1.82, 2.24) is 0 Å². The summed E-state index contributed by atoms with van der Waals surface area (Å²) in [5.74, 6) is -0.422. The molecule has 0 bridgehead atoms. The van der Waals surface area contributed by atoms with Crippen molar-refractivity contribution in [2.75, 3.05) is 22.8 Å². The number of carbonyl (C=O) groups is 1. The van der Waals surface area contributed by atoms with E-state index in [1.807, 2.05) is 27.7 Å². The molecule has 8 heteroatoms. The number of hydrogen-bond acceptors (Lipinski definition) is 4. The van der Waals surface area contributed by atoms with E-state index in [2.05, 4.69) is 4.72 Å². The summed E-state index contributed by atoms with van der Waals surface area (Å²) in [5, 5.41) is 0. The molecule has 2 aromatic carbocycles. The lowest BCUT2D eigenvalue weighted by molar-refractivity contribution is -0.127. The molecule has 3 rings (SSSR count). The van der Waals surface area contributed by atoms with E-state index in [1.54, 1.807) is 29.2 Å². The Morgan fingerprint density at radius 1 is 1.20 bits per heavy atom. The van der Waals surface area contributed by atoms with Gasteiger partial charge in [-0.15, -0.1) is 0 Å². The molecule has 1 amide bonds. The van der Waals surface area contributed by atoms with Gasteiger partial charge < -0.3 is 9.64 Å². The number of fused-ring (bicyclic) bond motifs is 1. The zero-order valence-corrected chi connectivity index (χ0v) is 18.4. The quantitative estimate of drug-likeness (QED) is 0.740. The normalized spacial score (nSPS) is 16.1. The van der Waals surface area contributed by atoms with Gasteiger partial charge in [0.1, 0.15) is 18.2 Å². The lowest BCUT2D eigenvalue weighted by Crippen LogP contribution is -2.43. The van der Waals surface area contributed by atoms with Crippen LogP contribution in [0.1, 0.15) is 33.3 Å². The average Bonchev–Trinajstić information content (AvgIpc) is 2.73. The fourth-order valence-corrected chi connectivity index (χ4v) is 4.49. The third-order valence-electron chi connectivity index (χ3n) is 4.79. The Hall–Kier alpha value is -2.61. The van der Waals surface area contributed by atoms with Crippen molar-refractivity contribution in [3.63, 3.8) is 0 Å². The number of benzene rings is 2. The van der Waals surface area contributed by atoms with Crippen LogP contribution in [0.15, 0.2) is 42.5 Å². The standard InChI is InChI=1S/C22H27FN2O4S/c1-15(2)12-25-19-11-17(9-10-20(19)29-14-22(3,4)21(25)26)24-30(27,28)13-16-7-5-6-8-18(16)23/h5-11,15,24H,12-14H2,1-4H3. The highest BCUT2D eigenvalue weighted by Gasteiger charge is 2.38. The molecule has 0 unspecified atom stereocenters. The van der Waals surface area contributed by atoms with Crippen LogP contribution >= 0.6 is 0 Å². The molecule has 0 saturated heterocycles. The zero-order chi connectivity index (χ0) is 22.1. The van der Waals surface area contributed by atoms with Crippen LogP contribution in [0.4, 0.5) is 15.8 Å². The number of carbonyl (C=O) groups excluding carboxylic acids is 1. The van der Waals surface area contributed by atoms with E-state index >= 15 is 0 Å². The predicted molar refractivity (Wildman–Crippen MR) is 116 cm³/mol. The number of rotatable bonds is 6. The molecule has 1 heterocycles. The maximum atomic E-state index is 13.9. The number of anilines is 2. The molecule has 0 fully saturated rings. The van der Waals surface area contributed by atoms with Crippen LogP contribution in [0.5, 0.6) is 5.75 Å². The van der Waals surface area contributed by atoms with Crippen LogP contribution < -0.4 is 14.4 Å². The van der Waals surface area contributed by atoms with Crippen molar-refractivity contribution >= 4 is 27.3 Å². The Kier molecular flexibility index (Phi) is 6.08. The highest BCUT2D eigenvalue weighted by molar-refractivity contribution is 7.91. The minimum Gasteiger partial charge on any atom is -0.490 e. The summed E-state index contributed by atoms with van der Waals surface area (Å²) in [6, 6.07) is 10.6. The van der Waals surface area contributed by atoms with Crippen molar-refractivity contribution in [2.45, 2.75) is 33.4 Å². The molecule has 0 radical (unpaired) electrons. The molecular weight excluding hydrogens is 407 g/mol. The molecule has 1 N–H and O–H groups in total. The molecule has 6 nitrogen and oxygen atoms in total. The summed E-state index contributed by atoms with van der Waals surface area (Å²) in [7, 11) is -3.86. The van der Waals surface area contributed by atoms with E-state index in [-0.39, 0.29) is 29.7 Å². The van der Waals surface area contributed by atoms with Gasteiger partial charge in [-0.2, -0.15) is 0 Å². The van der Waals surface area contributed by atoms with E-state index in [4.69, 9.17) is 4.74 Å². The second-order valence-corrected chi connectivity index (χ2v) is 10.3. The van der Waals surface area contributed by atoms with E-state index in [0.29, 0.717) is 18.0 Å². The van der Waals surface area contributed by atoms with Gasteiger partial charge in [-0.3, -0.25) is 9.52 Å². The van der Waals surface area contributed by atoms with Gasteiger partial charge in [-0.1, -0.05) is 32.0 Å². The third-order valence-corrected chi connectivity index (χ3v) is 6.02. The summed E-state index contributed by atoms with van der Waals surface area (Å²) in [4.78, 5) is 14.8. The molecule has 2 aromatic rings. The molecule has 0 aromatic heterocycles. The first-order valence-corrected chi connectivity index (χ1v) is 11.5. The number of sulfonamides is 1. The van der Waals surface area contributed by atoms with Gasteiger partial charge in [-0.05, 0) is 44.0 Å². The molecule has 0 saturated carbocycles. The first-order chi connectivity index (χ1) is 14.0. The third kappa shape index (κ3) is 4.92. The summed E-state index contributed by atoms with van der Waals surface area (Å²) < 4.78 is 47.4. The van der Waals surface area contributed by atoms with Gasteiger partial charge in [0.15, 0.2) is 0 Å². The molecule has 1 aliphatic rings. The minimum atomic E-state index is -3.86. The highest BCUT2D eigenvalue weighted by Crippen LogP contribution is 2.38. The van der Waals surface area contributed by atoms with Crippen LogP contribution in [-0.2, 0) is 20.6 Å². The highest BCUT2D eigenvalue weighted by atomic mass is 32.2. The lowest BCUT2D eigenvalue weighted by atomic mass is 9.92. The van der Waals surface area contributed by atoms with E-state index in [9.17, 15) is 17.6 Å². The monoisotopic (exact) mass is 434 g/mol. The van der Waals surface area contributed by atoms with Gasteiger partial charge in [0, 0.05) is 12.1 Å². The average molecular weight is 435 g/mol. The van der Waals surface area contributed by atoms with Crippen molar-refractivity contribution in [3.05, 3.63) is 53.8 Å². The molecule has 0 spiro atoms. The number of halogens is 1. The summed E-state index contributed by atoms with van der Waals surface area (Å²) in [6.45, 7) is 8.37. The van der Waals surface area contributed by atoms with Gasteiger partial charge in [-0.25, -0.2) is 12.8 Å². The molecule has 162 valence electrons. The lowest BCUT2D eigenvalue weighted by Gasteiger charge is -2.29. The Morgan fingerprint density at radius 3 is 2.57 bits per heavy atom. The maximum absolute atomic E-state index is 13.9. The van der Waals surface area contributed by atoms with Crippen molar-refractivity contribution < 1.29 is 22.3 Å². The number of amides is 1. The van der Waals surface area contributed by atoms with Gasteiger partial charge in [0.25, 0.3) is 0 Å². The van der Waals surface area contributed by atoms with Crippen molar-refractivity contribution in [1.29, 1.82) is 0 Å². The molecule has 0 atom stereocenters. The van der Waals surface area contributed by atoms with Crippen LogP contribution in [-0.4, -0.2) is 27.5 Å². The summed E-state index contributed by atoms with van der Waals surface area (Å²) in [5.41, 5.74) is 0.181. The van der Waals surface area contributed by atoms with Crippen LogP contribution in [0.25, 0.3) is 0 Å². The number of nitrogens with one attached hydrogen (secondary N) is 1. The summed E-state index contributed by atoms with van der Waals surface area (Å²) >= 11 is 0. The zero-order valence-electron chi connectivity index (χ0n) is 17.6. The Labute approximate surface area is 177 Å². The van der Waals surface area contributed by atoms with Crippen LogP contribution in [0, 0.1) is 17.2 Å². The second-order valence-electron chi connectivity index (χ2n) is 8.62.